The standard InChI is InChI=1S/C18H15N5O3/c1-11-3-5-13(7-15(11)25-2)26-16-6-4-12(8-20-16)23-17-14(22-18(23)24)9-19-10-21-17/h3-10H,1-2H3,(H,22,24). The number of hydrogen-bond donors (Lipinski definition) is 1. The Morgan fingerprint density at radius 1 is 1.12 bits per heavy atom. The lowest BCUT2D eigenvalue weighted by Crippen LogP contribution is -2.15. The van der Waals surface area contributed by atoms with Crippen molar-refractivity contribution >= 4 is 11.2 Å². The summed E-state index contributed by atoms with van der Waals surface area (Å²) in [5.41, 5.74) is 2.34. The van der Waals surface area contributed by atoms with E-state index in [1.165, 1.54) is 10.9 Å². The summed E-state index contributed by atoms with van der Waals surface area (Å²) >= 11 is 0. The van der Waals surface area contributed by atoms with E-state index in [9.17, 15) is 4.79 Å². The van der Waals surface area contributed by atoms with Crippen LogP contribution in [-0.2, 0) is 0 Å². The molecule has 0 saturated heterocycles. The van der Waals surface area contributed by atoms with E-state index in [1.807, 2.05) is 19.1 Å². The first-order valence-corrected chi connectivity index (χ1v) is 7.85. The van der Waals surface area contributed by atoms with Gasteiger partial charge in [-0.25, -0.2) is 24.3 Å². The molecule has 0 aliphatic rings. The van der Waals surface area contributed by atoms with Crippen molar-refractivity contribution in [3.63, 3.8) is 0 Å². The number of aromatic nitrogens is 5. The third kappa shape index (κ3) is 2.77. The van der Waals surface area contributed by atoms with E-state index >= 15 is 0 Å². The maximum Gasteiger partial charge on any atom is 0.332 e. The summed E-state index contributed by atoms with van der Waals surface area (Å²) in [6.45, 7) is 1.96. The van der Waals surface area contributed by atoms with Crippen molar-refractivity contribution in [2.45, 2.75) is 6.92 Å². The first-order chi connectivity index (χ1) is 12.7. The molecule has 1 aromatic carbocycles. The fraction of sp³-hybridized carbons (Fsp3) is 0.111. The molecule has 0 spiro atoms. The number of nitrogens with one attached hydrogen (secondary N) is 1. The van der Waals surface area contributed by atoms with E-state index in [-0.39, 0.29) is 5.69 Å². The van der Waals surface area contributed by atoms with Gasteiger partial charge in [0, 0.05) is 12.1 Å². The number of benzene rings is 1. The normalized spacial score (nSPS) is 10.8. The third-order valence-corrected chi connectivity index (χ3v) is 3.93. The van der Waals surface area contributed by atoms with Gasteiger partial charge in [-0.1, -0.05) is 6.07 Å². The molecule has 0 aliphatic carbocycles. The zero-order chi connectivity index (χ0) is 18.1. The molecule has 0 unspecified atom stereocenters. The number of pyridine rings is 1. The molecule has 0 bridgehead atoms. The Balaban J connectivity index is 1.65. The van der Waals surface area contributed by atoms with Gasteiger partial charge in [-0.15, -0.1) is 0 Å². The summed E-state index contributed by atoms with van der Waals surface area (Å²) in [5.74, 6) is 1.76. The Bertz CT molecular complexity index is 1130. The van der Waals surface area contributed by atoms with Crippen molar-refractivity contribution in [2.75, 3.05) is 7.11 Å². The molecule has 0 radical (unpaired) electrons. The highest BCUT2D eigenvalue weighted by Gasteiger charge is 2.11. The number of rotatable bonds is 4. The number of nitrogens with zero attached hydrogens (tertiary/aromatic N) is 4. The van der Waals surface area contributed by atoms with Crippen LogP contribution >= 0.6 is 0 Å². The first kappa shape index (κ1) is 15.8. The lowest BCUT2D eigenvalue weighted by Gasteiger charge is -2.09. The molecule has 0 fully saturated rings. The smallest absolute Gasteiger partial charge is 0.332 e. The van der Waals surface area contributed by atoms with Crippen molar-refractivity contribution in [2.24, 2.45) is 0 Å². The number of H-pyrrole nitrogens is 1. The number of imidazole rings is 1. The summed E-state index contributed by atoms with van der Waals surface area (Å²) in [6.07, 6.45) is 4.50. The van der Waals surface area contributed by atoms with Gasteiger partial charge in [0.2, 0.25) is 5.88 Å². The molecule has 3 aromatic heterocycles. The van der Waals surface area contributed by atoms with E-state index in [1.54, 1.807) is 37.7 Å². The maximum atomic E-state index is 12.2. The minimum absolute atomic E-state index is 0.306. The first-order valence-electron chi connectivity index (χ1n) is 7.85. The summed E-state index contributed by atoms with van der Waals surface area (Å²) in [6, 6.07) is 8.98. The summed E-state index contributed by atoms with van der Waals surface area (Å²) in [7, 11) is 1.61. The minimum atomic E-state index is -0.306. The van der Waals surface area contributed by atoms with E-state index in [2.05, 4.69) is 19.9 Å². The van der Waals surface area contributed by atoms with Crippen molar-refractivity contribution in [1.29, 1.82) is 0 Å². The van der Waals surface area contributed by atoms with Crippen LogP contribution in [0.25, 0.3) is 16.9 Å². The Morgan fingerprint density at radius 3 is 2.77 bits per heavy atom. The van der Waals surface area contributed by atoms with Crippen LogP contribution in [-0.4, -0.2) is 31.6 Å². The fourth-order valence-corrected chi connectivity index (χ4v) is 2.65. The molecule has 0 atom stereocenters. The van der Waals surface area contributed by atoms with E-state index in [4.69, 9.17) is 9.47 Å². The molecular weight excluding hydrogens is 334 g/mol. The molecule has 0 saturated carbocycles. The number of fused-ring (bicyclic) bond motifs is 1. The average molecular weight is 349 g/mol. The highest BCUT2D eigenvalue weighted by molar-refractivity contribution is 5.71. The van der Waals surface area contributed by atoms with E-state index < -0.39 is 0 Å². The van der Waals surface area contributed by atoms with Gasteiger partial charge in [0.15, 0.2) is 5.65 Å². The van der Waals surface area contributed by atoms with Gasteiger partial charge in [0.05, 0.1) is 25.2 Å². The van der Waals surface area contributed by atoms with Gasteiger partial charge in [0.25, 0.3) is 0 Å². The zero-order valence-electron chi connectivity index (χ0n) is 14.1. The van der Waals surface area contributed by atoms with Crippen LogP contribution in [0.1, 0.15) is 5.56 Å². The number of aryl methyl sites for hydroxylation is 1. The van der Waals surface area contributed by atoms with E-state index in [0.717, 1.165) is 11.3 Å². The monoisotopic (exact) mass is 349 g/mol. The van der Waals surface area contributed by atoms with Gasteiger partial charge in [-0.05, 0) is 24.6 Å². The number of methoxy groups -OCH3 is 1. The van der Waals surface area contributed by atoms with Crippen molar-refractivity contribution in [3.05, 3.63) is 65.1 Å². The van der Waals surface area contributed by atoms with Gasteiger partial charge in [-0.2, -0.15) is 0 Å². The van der Waals surface area contributed by atoms with Crippen molar-refractivity contribution in [3.8, 4) is 23.1 Å². The van der Waals surface area contributed by atoms with Crippen LogP contribution in [0.15, 0.2) is 53.8 Å². The Morgan fingerprint density at radius 2 is 2.00 bits per heavy atom. The van der Waals surface area contributed by atoms with Crippen molar-refractivity contribution in [1.82, 2.24) is 24.5 Å². The molecule has 130 valence electrons. The van der Waals surface area contributed by atoms with E-state index in [0.29, 0.717) is 28.5 Å². The number of hydrogen-bond acceptors (Lipinski definition) is 6. The number of aromatic amines is 1. The quantitative estimate of drug-likeness (QED) is 0.608. The zero-order valence-corrected chi connectivity index (χ0v) is 14.1. The highest BCUT2D eigenvalue weighted by Crippen LogP contribution is 2.27. The van der Waals surface area contributed by atoms with Crippen LogP contribution < -0.4 is 15.2 Å². The lowest BCUT2D eigenvalue weighted by atomic mass is 10.2. The second-order valence-electron chi connectivity index (χ2n) is 5.61. The lowest BCUT2D eigenvalue weighted by molar-refractivity contribution is 0.404. The molecule has 8 heteroatoms. The SMILES string of the molecule is COc1cc(Oc2ccc(-n3c(=O)[nH]c4cncnc43)cn2)ccc1C. The number of ether oxygens (including phenoxy) is 2. The molecule has 4 aromatic rings. The Kier molecular flexibility index (Phi) is 3.85. The average Bonchev–Trinajstić information content (AvgIpc) is 3.00. The van der Waals surface area contributed by atoms with Crippen LogP contribution in [0.4, 0.5) is 0 Å². The third-order valence-electron chi connectivity index (χ3n) is 3.93. The van der Waals surface area contributed by atoms with Crippen LogP contribution in [0.3, 0.4) is 0 Å². The summed E-state index contributed by atoms with van der Waals surface area (Å²) < 4.78 is 12.5. The molecule has 3 heterocycles. The molecule has 0 aliphatic heterocycles. The van der Waals surface area contributed by atoms with Crippen LogP contribution in [0, 0.1) is 6.92 Å². The molecule has 1 N–H and O–H groups in total. The van der Waals surface area contributed by atoms with Crippen molar-refractivity contribution < 1.29 is 9.47 Å². The highest BCUT2D eigenvalue weighted by atomic mass is 16.5. The molecule has 26 heavy (non-hydrogen) atoms. The molecular formula is C18H15N5O3. The summed E-state index contributed by atoms with van der Waals surface area (Å²) in [5, 5.41) is 0. The Labute approximate surface area is 148 Å². The molecule has 0 amide bonds. The summed E-state index contributed by atoms with van der Waals surface area (Å²) in [4.78, 5) is 27.2. The second-order valence-corrected chi connectivity index (χ2v) is 5.61. The molecule has 4 rings (SSSR count). The largest absolute Gasteiger partial charge is 0.496 e. The van der Waals surface area contributed by atoms with Gasteiger partial charge in [0.1, 0.15) is 23.3 Å². The predicted molar refractivity (Wildman–Crippen MR) is 95.1 cm³/mol. The molecule has 8 nitrogen and oxygen atoms in total. The second kappa shape index (κ2) is 6.32. The minimum Gasteiger partial charge on any atom is -0.496 e. The van der Waals surface area contributed by atoms with Crippen LogP contribution in [0.5, 0.6) is 17.4 Å². The Hall–Kier alpha value is -3.68. The maximum absolute atomic E-state index is 12.2. The predicted octanol–water partition coefficient (Wildman–Crippen LogP) is 2.61. The van der Waals surface area contributed by atoms with Crippen LogP contribution in [0.2, 0.25) is 0 Å². The van der Waals surface area contributed by atoms with Gasteiger partial charge < -0.3 is 14.5 Å². The van der Waals surface area contributed by atoms with Gasteiger partial charge >= 0.3 is 5.69 Å². The topological polar surface area (TPSA) is 94.9 Å². The fourth-order valence-electron chi connectivity index (χ4n) is 2.65. The van der Waals surface area contributed by atoms with Gasteiger partial charge in [-0.3, -0.25) is 0 Å².